The second kappa shape index (κ2) is 5.51. The van der Waals surface area contributed by atoms with Crippen molar-refractivity contribution in [3.05, 3.63) is 28.2 Å². The van der Waals surface area contributed by atoms with E-state index in [1.165, 1.54) is 6.07 Å². The number of carbonyl (C=O) groups excluding carboxylic acids is 1. The first kappa shape index (κ1) is 12.4. The van der Waals surface area contributed by atoms with E-state index in [9.17, 15) is 9.90 Å². The Morgan fingerprint density at radius 2 is 2.35 bits per heavy atom. The monoisotopic (exact) mass is 298 g/mol. The topological polar surface area (TPSA) is 61.4 Å². The number of piperidine rings is 1. The Morgan fingerprint density at radius 3 is 3.00 bits per heavy atom. The van der Waals surface area contributed by atoms with Crippen molar-refractivity contribution in [2.75, 3.05) is 13.1 Å². The number of carbonyl (C=O) groups is 1. The van der Waals surface area contributed by atoms with Gasteiger partial charge in [0, 0.05) is 17.1 Å². The van der Waals surface area contributed by atoms with Crippen molar-refractivity contribution in [3.8, 4) is 5.75 Å². The standard InChI is InChI=1S/C12H15BrN2O2/c13-8-3-4-10(11(16)6-8)12(17)15-9-2-1-5-14-7-9/h3-4,6,9,14,16H,1-2,5,7H2,(H,15,17)/t9-/m0/s1. The molecular weight excluding hydrogens is 284 g/mol. The molecule has 4 nitrogen and oxygen atoms in total. The molecule has 17 heavy (non-hydrogen) atoms. The maximum atomic E-state index is 11.9. The summed E-state index contributed by atoms with van der Waals surface area (Å²) in [5.74, 6) is -0.218. The van der Waals surface area contributed by atoms with E-state index in [1.54, 1.807) is 12.1 Å². The lowest BCUT2D eigenvalue weighted by Crippen LogP contribution is -2.45. The molecule has 0 saturated carbocycles. The first-order valence-electron chi connectivity index (χ1n) is 5.67. The maximum Gasteiger partial charge on any atom is 0.255 e. The van der Waals surface area contributed by atoms with Crippen molar-refractivity contribution >= 4 is 21.8 Å². The van der Waals surface area contributed by atoms with Crippen molar-refractivity contribution < 1.29 is 9.90 Å². The molecule has 0 radical (unpaired) electrons. The lowest BCUT2D eigenvalue weighted by atomic mass is 10.1. The zero-order valence-corrected chi connectivity index (χ0v) is 11.0. The van der Waals surface area contributed by atoms with Gasteiger partial charge >= 0.3 is 0 Å². The van der Waals surface area contributed by atoms with Gasteiger partial charge in [-0.1, -0.05) is 15.9 Å². The summed E-state index contributed by atoms with van der Waals surface area (Å²) >= 11 is 3.24. The van der Waals surface area contributed by atoms with Gasteiger partial charge in [-0.2, -0.15) is 0 Å². The molecule has 2 rings (SSSR count). The minimum atomic E-state index is -0.219. The van der Waals surface area contributed by atoms with Crippen LogP contribution in [0.15, 0.2) is 22.7 Å². The molecule has 1 saturated heterocycles. The van der Waals surface area contributed by atoms with Crippen LogP contribution in [0.1, 0.15) is 23.2 Å². The Balaban J connectivity index is 2.03. The van der Waals surface area contributed by atoms with E-state index in [2.05, 4.69) is 26.6 Å². The Morgan fingerprint density at radius 1 is 1.53 bits per heavy atom. The van der Waals surface area contributed by atoms with Gasteiger partial charge in [0.1, 0.15) is 5.75 Å². The molecule has 1 atom stereocenters. The molecule has 0 spiro atoms. The van der Waals surface area contributed by atoms with Crippen LogP contribution in [-0.4, -0.2) is 30.1 Å². The normalized spacial score (nSPS) is 19.9. The molecule has 0 unspecified atom stereocenters. The molecular formula is C12H15BrN2O2. The van der Waals surface area contributed by atoms with Gasteiger partial charge in [-0.05, 0) is 37.6 Å². The molecule has 1 aromatic carbocycles. The van der Waals surface area contributed by atoms with Gasteiger partial charge in [0.25, 0.3) is 5.91 Å². The van der Waals surface area contributed by atoms with Crippen LogP contribution in [-0.2, 0) is 0 Å². The average molecular weight is 299 g/mol. The van der Waals surface area contributed by atoms with Crippen LogP contribution in [0.4, 0.5) is 0 Å². The zero-order chi connectivity index (χ0) is 12.3. The second-order valence-corrected chi connectivity index (χ2v) is 5.09. The minimum Gasteiger partial charge on any atom is -0.507 e. The number of hydrogen-bond acceptors (Lipinski definition) is 3. The molecule has 0 bridgehead atoms. The van der Waals surface area contributed by atoms with E-state index in [0.29, 0.717) is 5.56 Å². The van der Waals surface area contributed by atoms with Gasteiger partial charge in [0.05, 0.1) is 5.56 Å². The van der Waals surface area contributed by atoms with Crippen LogP contribution in [0.3, 0.4) is 0 Å². The van der Waals surface area contributed by atoms with Crippen LogP contribution in [0.5, 0.6) is 5.75 Å². The van der Waals surface area contributed by atoms with Crippen molar-refractivity contribution in [2.24, 2.45) is 0 Å². The lowest BCUT2D eigenvalue weighted by Gasteiger charge is -2.23. The number of rotatable bonds is 2. The Kier molecular flexibility index (Phi) is 4.02. The van der Waals surface area contributed by atoms with E-state index in [1.807, 2.05) is 0 Å². The van der Waals surface area contributed by atoms with Crippen LogP contribution < -0.4 is 10.6 Å². The van der Waals surface area contributed by atoms with Gasteiger partial charge in [-0.25, -0.2) is 0 Å². The number of phenolic OH excluding ortho intramolecular Hbond substituents is 1. The molecule has 5 heteroatoms. The van der Waals surface area contributed by atoms with Crippen molar-refractivity contribution in [3.63, 3.8) is 0 Å². The fourth-order valence-corrected chi connectivity index (χ4v) is 2.28. The maximum absolute atomic E-state index is 11.9. The number of benzene rings is 1. The highest BCUT2D eigenvalue weighted by atomic mass is 79.9. The lowest BCUT2D eigenvalue weighted by molar-refractivity contribution is 0.0928. The van der Waals surface area contributed by atoms with Gasteiger partial charge in [0.2, 0.25) is 0 Å². The fraction of sp³-hybridized carbons (Fsp3) is 0.417. The molecule has 1 fully saturated rings. The molecule has 92 valence electrons. The predicted molar refractivity (Wildman–Crippen MR) is 69.2 cm³/mol. The summed E-state index contributed by atoms with van der Waals surface area (Å²) in [7, 11) is 0. The summed E-state index contributed by atoms with van der Waals surface area (Å²) in [6.45, 7) is 1.80. The van der Waals surface area contributed by atoms with Gasteiger partial charge in [-0.15, -0.1) is 0 Å². The van der Waals surface area contributed by atoms with Gasteiger partial charge < -0.3 is 15.7 Å². The highest BCUT2D eigenvalue weighted by Crippen LogP contribution is 2.22. The van der Waals surface area contributed by atoms with Crippen molar-refractivity contribution in [2.45, 2.75) is 18.9 Å². The van der Waals surface area contributed by atoms with Crippen molar-refractivity contribution in [1.82, 2.24) is 10.6 Å². The number of nitrogens with one attached hydrogen (secondary N) is 2. The molecule has 1 amide bonds. The van der Waals surface area contributed by atoms with Crippen LogP contribution in [0.2, 0.25) is 0 Å². The van der Waals surface area contributed by atoms with Crippen LogP contribution in [0.25, 0.3) is 0 Å². The predicted octanol–water partition coefficient (Wildman–Crippen LogP) is 1.64. The highest BCUT2D eigenvalue weighted by molar-refractivity contribution is 9.10. The summed E-state index contributed by atoms with van der Waals surface area (Å²) in [5, 5.41) is 15.8. The zero-order valence-electron chi connectivity index (χ0n) is 9.37. The largest absolute Gasteiger partial charge is 0.507 e. The first-order valence-corrected chi connectivity index (χ1v) is 6.46. The number of phenols is 1. The van der Waals surface area contributed by atoms with Gasteiger partial charge in [0.15, 0.2) is 0 Å². The second-order valence-electron chi connectivity index (χ2n) is 4.18. The van der Waals surface area contributed by atoms with E-state index in [-0.39, 0.29) is 17.7 Å². The van der Waals surface area contributed by atoms with Crippen LogP contribution >= 0.6 is 15.9 Å². The summed E-state index contributed by atoms with van der Waals surface area (Å²) in [4.78, 5) is 11.9. The number of aromatic hydroxyl groups is 1. The Bertz CT molecular complexity index is 417. The third kappa shape index (κ3) is 3.20. The fourth-order valence-electron chi connectivity index (χ4n) is 1.93. The van der Waals surface area contributed by atoms with E-state index >= 15 is 0 Å². The van der Waals surface area contributed by atoms with Crippen molar-refractivity contribution in [1.29, 1.82) is 0 Å². The van der Waals surface area contributed by atoms with E-state index in [0.717, 1.165) is 30.4 Å². The smallest absolute Gasteiger partial charge is 0.255 e. The third-order valence-corrected chi connectivity index (χ3v) is 3.33. The molecule has 1 aliphatic heterocycles. The molecule has 3 N–H and O–H groups in total. The quantitative estimate of drug-likeness (QED) is 0.778. The average Bonchev–Trinajstić information content (AvgIpc) is 2.30. The summed E-state index contributed by atoms with van der Waals surface area (Å²) in [5.41, 5.74) is 0.318. The summed E-state index contributed by atoms with van der Waals surface area (Å²) in [6, 6.07) is 5.03. The SMILES string of the molecule is O=C(N[C@H]1CCCNC1)c1ccc(Br)cc1O. The van der Waals surface area contributed by atoms with E-state index < -0.39 is 0 Å². The number of halogens is 1. The van der Waals surface area contributed by atoms with Crippen LogP contribution in [0, 0.1) is 0 Å². The minimum absolute atomic E-state index is 0.000596. The third-order valence-electron chi connectivity index (χ3n) is 2.84. The Labute approximate surface area is 109 Å². The molecule has 1 aromatic rings. The first-order chi connectivity index (χ1) is 8.16. The summed E-state index contributed by atoms with van der Waals surface area (Å²) in [6.07, 6.45) is 2.05. The molecule has 1 aliphatic rings. The number of hydrogen-bond donors (Lipinski definition) is 3. The highest BCUT2D eigenvalue weighted by Gasteiger charge is 2.18. The summed E-state index contributed by atoms with van der Waals surface area (Å²) < 4.78 is 0.755. The number of amides is 1. The Hall–Kier alpha value is -1.07. The van der Waals surface area contributed by atoms with Gasteiger partial charge in [-0.3, -0.25) is 4.79 Å². The molecule has 0 aliphatic carbocycles. The van der Waals surface area contributed by atoms with E-state index in [4.69, 9.17) is 0 Å². The molecule has 1 heterocycles. The molecule has 0 aromatic heterocycles.